The SMILES string of the molecule is Cc1cc(OCc2ccccc2)ccc1NC(=O)NCCCO. The van der Waals surface area contributed by atoms with E-state index in [0.29, 0.717) is 19.6 Å². The highest BCUT2D eigenvalue weighted by Crippen LogP contribution is 2.22. The molecule has 0 aliphatic rings. The summed E-state index contributed by atoms with van der Waals surface area (Å²) in [5.74, 6) is 0.762. The molecule has 0 fully saturated rings. The fourth-order valence-corrected chi connectivity index (χ4v) is 2.05. The van der Waals surface area contributed by atoms with E-state index in [2.05, 4.69) is 10.6 Å². The number of benzene rings is 2. The molecule has 122 valence electrons. The predicted molar refractivity (Wildman–Crippen MR) is 90.7 cm³/mol. The third-order valence-electron chi connectivity index (χ3n) is 3.31. The van der Waals surface area contributed by atoms with Gasteiger partial charge in [0, 0.05) is 18.8 Å². The quantitative estimate of drug-likeness (QED) is 0.688. The Hall–Kier alpha value is -2.53. The first kappa shape index (κ1) is 16.8. The first-order valence-corrected chi connectivity index (χ1v) is 7.62. The van der Waals surface area contributed by atoms with Crippen LogP contribution >= 0.6 is 0 Å². The van der Waals surface area contributed by atoms with Gasteiger partial charge in [0.15, 0.2) is 0 Å². The molecule has 0 unspecified atom stereocenters. The second kappa shape index (κ2) is 8.80. The van der Waals surface area contributed by atoms with E-state index in [1.165, 1.54) is 0 Å². The number of amides is 2. The molecule has 2 aromatic carbocycles. The second-order valence-electron chi connectivity index (χ2n) is 5.21. The summed E-state index contributed by atoms with van der Waals surface area (Å²) in [7, 11) is 0. The van der Waals surface area contributed by atoms with Gasteiger partial charge in [-0.15, -0.1) is 0 Å². The van der Waals surface area contributed by atoms with E-state index in [0.717, 1.165) is 22.6 Å². The van der Waals surface area contributed by atoms with Gasteiger partial charge in [-0.1, -0.05) is 30.3 Å². The van der Waals surface area contributed by atoms with Crippen molar-refractivity contribution in [3.8, 4) is 5.75 Å². The molecular formula is C18H22N2O3. The first-order valence-electron chi connectivity index (χ1n) is 7.62. The molecule has 0 atom stereocenters. The Morgan fingerprint density at radius 2 is 1.96 bits per heavy atom. The molecular weight excluding hydrogens is 292 g/mol. The number of urea groups is 1. The van der Waals surface area contributed by atoms with Crippen molar-refractivity contribution < 1.29 is 14.6 Å². The predicted octanol–water partition coefficient (Wildman–Crippen LogP) is 3.08. The van der Waals surface area contributed by atoms with Crippen LogP contribution in [-0.4, -0.2) is 24.3 Å². The number of aliphatic hydroxyl groups excluding tert-OH is 1. The second-order valence-corrected chi connectivity index (χ2v) is 5.21. The van der Waals surface area contributed by atoms with Crippen LogP contribution in [0.2, 0.25) is 0 Å². The minimum atomic E-state index is -0.278. The van der Waals surface area contributed by atoms with Crippen molar-refractivity contribution in [2.45, 2.75) is 20.0 Å². The molecule has 0 radical (unpaired) electrons. The zero-order valence-electron chi connectivity index (χ0n) is 13.2. The molecule has 0 heterocycles. The number of carbonyl (C=O) groups is 1. The number of ether oxygens (including phenoxy) is 1. The molecule has 0 aliphatic carbocycles. The molecule has 3 N–H and O–H groups in total. The smallest absolute Gasteiger partial charge is 0.319 e. The maximum atomic E-state index is 11.7. The minimum absolute atomic E-state index is 0.0623. The maximum Gasteiger partial charge on any atom is 0.319 e. The van der Waals surface area contributed by atoms with E-state index in [1.807, 2.05) is 55.5 Å². The van der Waals surface area contributed by atoms with Gasteiger partial charge >= 0.3 is 6.03 Å². The van der Waals surface area contributed by atoms with Crippen molar-refractivity contribution in [3.63, 3.8) is 0 Å². The van der Waals surface area contributed by atoms with Crippen LogP contribution in [0, 0.1) is 6.92 Å². The number of aryl methyl sites for hydroxylation is 1. The van der Waals surface area contributed by atoms with Crippen LogP contribution < -0.4 is 15.4 Å². The number of aliphatic hydroxyl groups is 1. The average molecular weight is 314 g/mol. The lowest BCUT2D eigenvalue weighted by Crippen LogP contribution is -2.30. The van der Waals surface area contributed by atoms with Gasteiger partial charge in [-0.3, -0.25) is 0 Å². The summed E-state index contributed by atoms with van der Waals surface area (Å²) in [6.45, 7) is 2.93. The highest BCUT2D eigenvalue weighted by atomic mass is 16.5. The largest absolute Gasteiger partial charge is 0.489 e. The summed E-state index contributed by atoms with van der Waals surface area (Å²) in [5.41, 5.74) is 2.77. The summed E-state index contributed by atoms with van der Waals surface area (Å²) < 4.78 is 5.76. The van der Waals surface area contributed by atoms with E-state index in [4.69, 9.17) is 9.84 Å². The Morgan fingerprint density at radius 3 is 2.65 bits per heavy atom. The van der Waals surface area contributed by atoms with Crippen molar-refractivity contribution in [2.75, 3.05) is 18.5 Å². The number of hydrogen-bond acceptors (Lipinski definition) is 3. The van der Waals surface area contributed by atoms with Crippen molar-refractivity contribution >= 4 is 11.7 Å². The van der Waals surface area contributed by atoms with Crippen LogP contribution in [-0.2, 0) is 6.61 Å². The third-order valence-corrected chi connectivity index (χ3v) is 3.31. The lowest BCUT2D eigenvalue weighted by atomic mass is 10.2. The van der Waals surface area contributed by atoms with Crippen molar-refractivity contribution in [1.82, 2.24) is 5.32 Å². The van der Waals surface area contributed by atoms with E-state index < -0.39 is 0 Å². The molecule has 0 saturated carbocycles. The number of hydrogen-bond donors (Lipinski definition) is 3. The van der Waals surface area contributed by atoms with E-state index in [1.54, 1.807) is 0 Å². The highest BCUT2D eigenvalue weighted by Gasteiger charge is 2.05. The molecule has 2 aromatic rings. The first-order chi connectivity index (χ1) is 11.2. The van der Waals surface area contributed by atoms with Crippen LogP contribution in [0.3, 0.4) is 0 Å². The number of rotatable bonds is 7. The molecule has 0 saturated heterocycles. The fourth-order valence-electron chi connectivity index (χ4n) is 2.05. The van der Waals surface area contributed by atoms with Crippen LogP contribution in [0.1, 0.15) is 17.5 Å². The summed E-state index contributed by atoms with van der Waals surface area (Å²) in [4.78, 5) is 11.7. The fraction of sp³-hybridized carbons (Fsp3) is 0.278. The standard InChI is InChI=1S/C18H22N2O3/c1-14-12-16(23-13-15-6-3-2-4-7-15)8-9-17(14)20-18(22)19-10-5-11-21/h2-4,6-9,12,21H,5,10-11,13H2,1H3,(H2,19,20,22). The lowest BCUT2D eigenvalue weighted by Gasteiger charge is -2.12. The number of nitrogens with one attached hydrogen (secondary N) is 2. The zero-order valence-corrected chi connectivity index (χ0v) is 13.2. The summed E-state index contributed by atoms with van der Waals surface area (Å²) >= 11 is 0. The van der Waals surface area contributed by atoms with E-state index in [-0.39, 0.29) is 12.6 Å². The molecule has 0 bridgehead atoms. The normalized spacial score (nSPS) is 10.2. The Balaban J connectivity index is 1.88. The van der Waals surface area contributed by atoms with Gasteiger partial charge in [0.2, 0.25) is 0 Å². The zero-order chi connectivity index (χ0) is 16.5. The average Bonchev–Trinajstić information content (AvgIpc) is 2.56. The summed E-state index contributed by atoms with van der Waals surface area (Å²) in [5, 5.41) is 14.2. The molecule has 5 nitrogen and oxygen atoms in total. The molecule has 2 amide bonds. The van der Waals surface area contributed by atoms with Gasteiger partial charge < -0.3 is 20.5 Å². The molecule has 0 spiro atoms. The summed E-state index contributed by atoms with van der Waals surface area (Å²) in [6, 6.07) is 15.2. The summed E-state index contributed by atoms with van der Waals surface area (Å²) in [6.07, 6.45) is 0.540. The molecule has 0 aliphatic heterocycles. The Bertz CT molecular complexity index is 629. The third kappa shape index (κ3) is 5.64. The van der Waals surface area contributed by atoms with Crippen LogP contribution in [0.5, 0.6) is 5.75 Å². The van der Waals surface area contributed by atoms with Gasteiger partial charge in [-0.2, -0.15) is 0 Å². The Morgan fingerprint density at radius 1 is 1.17 bits per heavy atom. The lowest BCUT2D eigenvalue weighted by molar-refractivity contribution is 0.249. The maximum absolute atomic E-state index is 11.7. The van der Waals surface area contributed by atoms with Gasteiger partial charge in [0.1, 0.15) is 12.4 Å². The Kier molecular flexibility index (Phi) is 6.44. The van der Waals surface area contributed by atoms with Gasteiger partial charge in [-0.05, 0) is 42.7 Å². The van der Waals surface area contributed by atoms with Gasteiger partial charge in [-0.25, -0.2) is 4.79 Å². The van der Waals surface area contributed by atoms with Crippen molar-refractivity contribution in [2.24, 2.45) is 0 Å². The minimum Gasteiger partial charge on any atom is -0.489 e. The molecule has 5 heteroatoms. The Labute approximate surface area is 136 Å². The topological polar surface area (TPSA) is 70.6 Å². The van der Waals surface area contributed by atoms with Crippen LogP contribution in [0.4, 0.5) is 10.5 Å². The highest BCUT2D eigenvalue weighted by molar-refractivity contribution is 5.90. The molecule has 0 aromatic heterocycles. The van der Waals surface area contributed by atoms with E-state index >= 15 is 0 Å². The monoisotopic (exact) mass is 314 g/mol. The number of anilines is 1. The molecule has 2 rings (SSSR count). The van der Waals surface area contributed by atoms with Crippen LogP contribution in [0.15, 0.2) is 48.5 Å². The van der Waals surface area contributed by atoms with Crippen molar-refractivity contribution in [1.29, 1.82) is 0 Å². The van der Waals surface area contributed by atoms with Crippen molar-refractivity contribution in [3.05, 3.63) is 59.7 Å². The van der Waals surface area contributed by atoms with Gasteiger partial charge in [0.25, 0.3) is 0 Å². The van der Waals surface area contributed by atoms with Gasteiger partial charge in [0.05, 0.1) is 0 Å². The molecule has 23 heavy (non-hydrogen) atoms. The number of carbonyl (C=O) groups excluding carboxylic acids is 1. The van der Waals surface area contributed by atoms with E-state index in [9.17, 15) is 4.79 Å². The van der Waals surface area contributed by atoms with Crippen LogP contribution in [0.25, 0.3) is 0 Å².